The van der Waals surface area contributed by atoms with Gasteiger partial charge in [-0.25, -0.2) is 8.42 Å². The van der Waals surface area contributed by atoms with Crippen molar-refractivity contribution in [2.24, 2.45) is 16.7 Å². The van der Waals surface area contributed by atoms with Crippen LogP contribution in [0.15, 0.2) is 53.4 Å². The Labute approximate surface area is 209 Å². The first kappa shape index (κ1) is 24.3. The number of nitrogens with zero attached hydrogens (tertiary/aromatic N) is 1. The zero-order valence-corrected chi connectivity index (χ0v) is 21.8. The summed E-state index contributed by atoms with van der Waals surface area (Å²) in [7, 11) is -3.71. The van der Waals surface area contributed by atoms with E-state index in [1.807, 2.05) is 30.3 Å². The Hall–Kier alpha value is -2.38. The molecule has 35 heavy (non-hydrogen) atoms. The number of carbonyl (C=O) groups is 1. The Kier molecular flexibility index (Phi) is 6.20. The van der Waals surface area contributed by atoms with Gasteiger partial charge in [0.25, 0.3) is 5.91 Å². The topological polar surface area (TPSA) is 78.5 Å². The highest BCUT2D eigenvalue weighted by atomic mass is 32.2. The fraction of sp³-hybridized carbons (Fsp3) is 0.536. The predicted octanol–water partition coefficient (Wildman–Crippen LogP) is 5.03. The summed E-state index contributed by atoms with van der Waals surface area (Å²) < 4.78 is 28.7. The van der Waals surface area contributed by atoms with Crippen molar-refractivity contribution < 1.29 is 13.2 Å². The number of fused-ring (bicyclic) bond motifs is 2. The van der Waals surface area contributed by atoms with Crippen molar-refractivity contribution in [3.63, 3.8) is 0 Å². The fourth-order valence-electron chi connectivity index (χ4n) is 6.76. The van der Waals surface area contributed by atoms with Crippen molar-refractivity contribution in [3.8, 4) is 0 Å². The highest BCUT2D eigenvalue weighted by Gasteiger charge is 2.59. The average Bonchev–Trinajstić information content (AvgIpc) is 3.56. The van der Waals surface area contributed by atoms with Crippen molar-refractivity contribution in [1.82, 2.24) is 9.62 Å². The van der Waals surface area contributed by atoms with E-state index in [1.54, 1.807) is 18.2 Å². The van der Waals surface area contributed by atoms with Crippen LogP contribution in [0.3, 0.4) is 0 Å². The summed E-state index contributed by atoms with van der Waals surface area (Å²) in [5, 5.41) is 6.62. The number of sulfonamides is 1. The van der Waals surface area contributed by atoms with Crippen molar-refractivity contribution in [2.75, 3.05) is 18.4 Å². The Morgan fingerprint density at radius 2 is 1.77 bits per heavy atom. The van der Waals surface area contributed by atoms with Crippen LogP contribution in [0.25, 0.3) is 0 Å². The molecule has 3 fully saturated rings. The van der Waals surface area contributed by atoms with Crippen LogP contribution in [0.2, 0.25) is 0 Å². The second-order valence-corrected chi connectivity index (χ2v) is 13.4. The van der Waals surface area contributed by atoms with Crippen LogP contribution < -0.4 is 10.6 Å². The minimum atomic E-state index is -3.71. The van der Waals surface area contributed by atoms with Gasteiger partial charge in [0, 0.05) is 31.2 Å². The maximum Gasteiger partial charge on any atom is 0.251 e. The fourth-order valence-corrected chi connectivity index (χ4v) is 8.47. The number of hydrogen-bond acceptors (Lipinski definition) is 4. The molecule has 2 N–H and O–H groups in total. The standard InChI is InChI=1S/C28H37N3O3S/c1-27(2)22-13-14-28(3,18-22)26(27)30-25(32)21-11-12-23(29-19-20-9-5-4-6-10-20)24(17-21)35(33,34)31-15-7-8-16-31/h4-6,9-12,17,22,26,29H,7-8,13-16,18-19H2,1-3H3,(H,30,32)/t22-,26?,28-/m0/s1. The van der Waals surface area contributed by atoms with Crippen molar-refractivity contribution in [2.45, 2.75) is 70.4 Å². The van der Waals surface area contributed by atoms with Gasteiger partial charge in [0.1, 0.15) is 4.90 Å². The zero-order valence-electron chi connectivity index (χ0n) is 21.0. The molecule has 3 aliphatic rings. The van der Waals surface area contributed by atoms with Crippen LogP contribution in [0, 0.1) is 16.7 Å². The highest BCUT2D eigenvalue weighted by Crippen LogP contribution is 2.62. The van der Waals surface area contributed by atoms with Crippen molar-refractivity contribution in [1.29, 1.82) is 0 Å². The van der Waals surface area contributed by atoms with E-state index in [2.05, 4.69) is 31.4 Å². The van der Waals surface area contributed by atoms with Crippen LogP contribution in [-0.4, -0.2) is 37.8 Å². The van der Waals surface area contributed by atoms with Gasteiger partial charge in [-0.15, -0.1) is 0 Å². The van der Waals surface area contributed by atoms with Gasteiger partial charge >= 0.3 is 0 Å². The van der Waals surface area contributed by atoms with Crippen molar-refractivity contribution >= 4 is 21.6 Å². The maximum atomic E-state index is 13.6. The molecule has 0 radical (unpaired) electrons. The number of amides is 1. The third kappa shape index (κ3) is 4.38. The summed E-state index contributed by atoms with van der Waals surface area (Å²) in [6.07, 6.45) is 5.21. The summed E-state index contributed by atoms with van der Waals surface area (Å²) in [5.41, 5.74) is 2.13. The molecule has 3 atom stereocenters. The van der Waals surface area contributed by atoms with E-state index in [4.69, 9.17) is 0 Å². The lowest BCUT2D eigenvalue weighted by Crippen LogP contribution is -2.52. The van der Waals surface area contributed by atoms with Gasteiger partial charge in [-0.2, -0.15) is 4.31 Å². The predicted molar refractivity (Wildman–Crippen MR) is 139 cm³/mol. The van der Waals surface area contributed by atoms with E-state index in [0.29, 0.717) is 36.8 Å². The summed E-state index contributed by atoms with van der Waals surface area (Å²) in [5.74, 6) is 0.429. The third-order valence-electron chi connectivity index (χ3n) is 8.80. The Morgan fingerprint density at radius 1 is 1.06 bits per heavy atom. The van der Waals surface area contributed by atoms with Gasteiger partial charge < -0.3 is 10.6 Å². The summed E-state index contributed by atoms with van der Waals surface area (Å²) in [6.45, 7) is 8.34. The first-order valence-corrected chi connectivity index (χ1v) is 14.3. The van der Waals surface area contributed by atoms with Crippen LogP contribution in [0.4, 0.5) is 5.69 Å². The summed E-state index contributed by atoms with van der Waals surface area (Å²) in [6, 6.07) is 15.0. The Morgan fingerprint density at radius 3 is 2.43 bits per heavy atom. The summed E-state index contributed by atoms with van der Waals surface area (Å²) >= 11 is 0. The quantitative estimate of drug-likeness (QED) is 0.565. The molecule has 1 heterocycles. The molecular formula is C28H37N3O3S. The number of benzene rings is 2. The Balaban J connectivity index is 1.44. The second kappa shape index (κ2) is 8.93. The first-order valence-electron chi connectivity index (χ1n) is 12.8. The molecule has 0 spiro atoms. The highest BCUT2D eigenvalue weighted by molar-refractivity contribution is 7.89. The van der Waals surface area contributed by atoms with Crippen LogP contribution in [0.1, 0.15) is 68.8 Å². The number of anilines is 1. The molecule has 2 aromatic rings. The lowest BCUT2D eigenvalue weighted by atomic mass is 9.68. The van der Waals surface area contributed by atoms with Gasteiger partial charge in [0.15, 0.2) is 0 Å². The largest absolute Gasteiger partial charge is 0.380 e. The second-order valence-electron chi connectivity index (χ2n) is 11.5. The molecule has 2 aliphatic carbocycles. The molecule has 6 nitrogen and oxygen atoms in total. The molecule has 2 aromatic carbocycles. The maximum absolute atomic E-state index is 13.6. The molecule has 0 aromatic heterocycles. The molecule has 7 heteroatoms. The van der Waals surface area contributed by atoms with E-state index < -0.39 is 10.0 Å². The van der Waals surface area contributed by atoms with E-state index in [-0.39, 0.29) is 27.7 Å². The van der Waals surface area contributed by atoms with E-state index in [0.717, 1.165) is 31.2 Å². The molecular weight excluding hydrogens is 458 g/mol. The number of carbonyl (C=O) groups excluding carboxylic acids is 1. The van der Waals surface area contributed by atoms with Gasteiger partial charge in [-0.05, 0) is 72.6 Å². The molecule has 1 saturated heterocycles. The Bertz CT molecular complexity index is 1200. The smallest absolute Gasteiger partial charge is 0.251 e. The van der Waals surface area contributed by atoms with E-state index >= 15 is 0 Å². The van der Waals surface area contributed by atoms with Crippen LogP contribution >= 0.6 is 0 Å². The van der Waals surface area contributed by atoms with Crippen LogP contribution in [0.5, 0.6) is 0 Å². The third-order valence-corrected chi connectivity index (χ3v) is 10.7. The SMILES string of the molecule is CC1(C)C(NC(=O)c2ccc(NCc3ccccc3)c(S(=O)(=O)N3CCCC3)c2)[C@@]2(C)CC[C@H]1C2. The van der Waals surface area contributed by atoms with E-state index in [1.165, 1.54) is 10.7 Å². The first-order chi connectivity index (χ1) is 16.6. The monoisotopic (exact) mass is 495 g/mol. The minimum absolute atomic E-state index is 0.0320. The molecule has 2 bridgehead atoms. The number of nitrogens with one attached hydrogen (secondary N) is 2. The number of rotatable bonds is 7. The zero-order chi connectivity index (χ0) is 24.8. The van der Waals surface area contributed by atoms with Gasteiger partial charge in [0.05, 0.1) is 5.69 Å². The van der Waals surface area contributed by atoms with Crippen molar-refractivity contribution in [3.05, 3.63) is 59.7 Å². The molecule has 1 amide bonds. The molecule has 2 saturated carbocycles. The van der Waals surface area contributed by atoms with Gasteiger partial charge in [-0.1, -0.05) is 51.1 Å². The average molecular weight is 496 g/mol. The van der Waals surface area contributed by atoms with Crippen LogP contribution in [-0.2, 0) is 16.6 Å². The molecule has 5 rings (SSSR count). The lowest BCUT2D eigenvalue weighted by molar-refractivity contribution is 0.0737. The van der Waals surface area contributed by atoms with Gasteiger partial charge in [-0.3, -0.25) is 4.79 Å². The number of hydrogen-bond donors (Lipinski definition) is 2. The normalized spacial score (nSPS) is 27.7. The lowest BCUT2D eigenvalue weighted by Gasteiger charge is -2.43. The molecule has 1 aliphatic heterocycles. The van der Waals surface area contributed by atoms with Gasteiger partial charge in [0.2, 0.25) is 10.0 Å². The molecule has 188 valence electrons. The molecule has 1 unspecified atom stereocenters. The summed E-state index contributed by atoms with van der Waals surface area (Å²) in [4.78, 5) is 13.6. The minimum Gasteiger partial charge on any atom is -0.380 e. The van der Waals surface area contributed by atoms with E-state index in [9.17, 15) is 13.2 Å².